The number of rotatable bonds is 3. The fraction of sp³-hybridized carbons (Fsp3) is 0.375. The lowest BCUT2D eigenvalue weighted by Gasteiger charge is -2.10. The van der Waals surface area contributed by atoms with Gasteiger partial charge in [-0.15, -0.1) is 0 Å². The predicted molar refractivity (Wildman–Crippen MR) is 52.5 cm³/mol. The van der Waals surface area contributed by atoms with Crippen LogP contribution < -0.4 is 11.5 Å². The molecule has 0 unspecified atom stereocenters. The molecule has 0 radical (unpaired) electrons. The standard InChI is InChI=1S/C8H12N4O2/c1-2-7(9)6-3-5(12(13)14)4-11-8(6)10/h3-4,7H,2,9H2,1H3,(H2,10,11)/t7-/m1/s1. The molecule has 0 saturated heterocycles. The number of aromatic nitrogens is 1. The molecule has 0 fully saturated rings. The molecule has 0 aliphatic carbocycles. The van der Waals surface area contributed by atoms with Gasteiger partial charge in [0.2, 0.25) is 0 Å². The molecule has 6 heteroatoms. The maximum absolute atomic E-state index is 10.5. The van der Waals surface area contributed by atoms with Crippen LogP contribution in [0.4, 0.5) is 11.5 Å². The normalized spacial score (nSPS) is 12.4. The molecule has 0 bridgehead atoms. The average Bonchev–Trinajstić information content (AvgIpc) is 2.17. The summed E-state index contributed by atoms with van der Waals surface area (Å²) in [6.45, 7) is 1.88. The number of nitro groups is 1. The average molecular weight is 196 g/mol. The molecule has 0 spiro atoms. The Balaban J connectivity index is 3.14. The van der Waals surface area contributed by atoms with Gasteiger partial charge in [0.15, 0.2) is 0 Å². The number of nitrogens with two attached hydrogens (primary N) is 2. The number of nitrogens with zero attached hydrogens (tertiary/aromatic N) is 2. The Morgan fingerprint density at radius 3 is 2.86 bits per heavy atom. The lowest BCUT2D eigenvalue weighted by atomic mass is 10.1. The van der Waals surface area contributed by atoms with Gasteiger partial charge in [0.05, 0.1) is 4.92 Å². The van der Waals surface area contributed by atoms with Crippen LogP contribution in [0, 0.1) is 10.1 Å². The molecule has 1 heterocycles. The van der Waals surface area contributed by atoms with Gasteiger partial charge in [-0.05, 0) is 6.42 Å². The highest BCUT2D eigenvalue weighted by atomic mass is 16.6. The zero-order valence-corrected chi connectivity index (χ0v) is 7.80. The molecule has 1 aromatic rings. The van der Waals surface area contributed by atoms with E-state index in [0.29, 0.717) is 12.0 Å². The molecule has 14 heavy (non-hydrogen) atoms. The highest BCUT2D eigenvalue weighted by molar-refractivity contribution is 5.47. The number of anilines is 1. The number of hydrogen-bond donors (Lipinski definition) is 2. The maximum Gasteiger partial charge on any atom is 0.288 e. The van der Waals surface area contributed by atoms with Crippen molar-refractivity contribution in [2.24, 2.45) is 5.73 Å². The largest absolute Gasteiger partial charge is 0.383 e. The van der Waals surface area contributed by atoms with E-state index >= 15 is 0 Å². The summed E-state index contributed by atoms with van der Waals surface area (Å²) in [4.78, 5) is 13.7. The summed E-state index contributed by atoms with van der Waals surface area (Å²) < 4.78 is 0. The second-order valence-electron chi connectivity index (χ2n) is 2.94. The van der Waals surface area contributed by atoms with Gasteiger partial charge in [0.25, 0.3) is 5.69 Å². The summed E-state index contributed by atoms with van der Waals surface area (Å²) >= 11 is 0. The topological polar surface area (TPSA) is 108 Å². The molecule has 4 N–H and O–H groups in total. The van der Waals surface area contributed by atoms with Crippen LogP contribution in [-0.2, 0) is 0 Å². The maximum atomic E-state index is 10.5. The molecule has 0 saturated carbocycles. The van der Waals surface area contributed by atoms with Crippen molar-refractivity contribution < 1.29 is 4.92 Å². The first kappa shape index (κ1) is 10.4. The second kappa shape index (κ2) is 4.01. The van der Waals surface area contributed by atoms with Crippen molar-refractivity contribution in [3.63, 3.8) is 0 Å². The Morgan fingerprint density at radius 1 is 1.71 bits per heavy atom. The monoisotopic (exact) mass is 196 g/mol. The van der Waals surface area contributed by atoms with Gasteiger partial charge in [0, 0.05) is 17.7 Å². The molecule has 76 valence electrons. The zero-order valence-electron chi connectivity index (χ0n) is 7.80. The van der Waals surface area contributed by atoms with Crippen molar-refractivity contribution in [2.75, 3.05) is 5.73 Å². The summed E-state index contributed by atoms with van der Waals surface area (Å²) in [5, 5.41) is 10.5. The molecule has 1 aromatic heterocycles. The van der Waals surface area contributed by atoms with Gasteiger partial charge >= 0.3 is 0 Å². The molecule has 6 nitrogen and oxygen atoms in total. The number of pyridine rings is 1. The van der Waals surface area contributed by atoms with E-state index in [1.807, 2.05) is 6.92 Å². The van der Waals surface area contributed by atoms with E-state index in [1.165, 1.54) is 6.07 Å². The minimum absolute atomic E-state index is 0.0851. The van der Waals surface area contributed by atoms with Crippen molar-refractivity contribution in [1.29, 1.82) is 0 Å². The van der Waals surface area contributed by atoms with E-state index < -0.39 is 4.92 Å². The number of hydrogen-bond acceptors (Lipinski definition) is 5. The lowest BCUT2D eigenvalue weighted by Crippen LogP contribution is -2.12. The minimum atomic E-state index is -0.516. The van der Waals surface area contributed by atoms with Crippen LogP contribution in [0.25, 0.3) is 0 Å². The Morgan fingerprint density at radius 2 is 2.36 bits per heavy atom. The van der Waals surface area contributed by atoms with Gasteiger partial charge in [-0.1, -0.05) is 6.92 Å². The Kier molecular flexibility index (Phi) is 2.98. The van der Waals surface area contributed by atoms with E-state index in [1.54, 1.807) is 0 Å². The molecule has 0 aliphatic rings. The Hall–Kier alpha value is -1.69. The molecular formula is C8H12N4O2. The van der Waals surface area contributed by atoms with Gasteiger partial charge in [-0.3, -0.25) is 10.1 Å². The molecule has 0 amide bonds. The van der Waals surface area contributed by atoms with Crippen molar-refractivity contribution in [2.45, 2.75) is 19.4 Å². The third kappa shape index (κ3) is 1.97. The highest BCUT2D eigenvalue weighted by Gasteiger charge is 2.14. The van der Waals surface area contributed by atoms with Crippen LogP contribution >= 0.6 is 0 Å². The quantitative estimate of drug-likeness (QED) is 0.553. The van der Waals surface area contributed by atoms with Crippen LogP contribution in [0.15, 0.2) is 12.3 Å². The van der Waals surface area contributed by atoms with E-state index in [0.717, 1.165) is 6.20 Å². The van der Waals surface area contributed by atoms with Crippen molar-refractivity contribution in [1.82, 2.24) is 4.98 Å². The van der Waals surface area contributed by atoms with Crippen molar-refractivity contribution >= 4 is 11.5 Å². The summed E-state index contributed by atoms with van der Waals surface area (Å²) in [5.74, 6) is 0.255. The van der Waals surface area contributed by atoms with Crippen LogP contribution in [0.3, 0.4) is 0 Å². The summed E-state index contributed by atoms with van der Waals surface area (Å²) in [7, 11) is 0. The van der Waals surface area contributed by atoms with Crippen LogP contribution in [0.1, 0.15) is 24.9 Å². The molecule has 0 aromatic carbocycles. The van der Waals surface area contributed by atoms with Crippen LogP contribution in [0.2, 0.25) is 0 Å². The first-order valence-electron chi connectivity index (χ1n) is 4.21. The Bertz CT molecular complexity index is 353. The molecular weight excluding hydrogens is 184 g/mol. The van der Waals surface area contributed by atoms with Crippen molar-refractivity contribution in [3.8, 4) is 0 Å². The van der Waals surface area contributed by atoms with Gasteiger partial charge in [-0.2, -0.15) is 0 Å². The minimum Gasteiger partial charge on any atom is -0.383 e. The second-order valence-corrected chi connectivity index (χ2v) is 2.94. The third-order valence-electron chi connectivity index (χ3n) is 1.99. The van der Waals surface area contributed by atoms with E-state index in [-0.39, 0.29) is 17.5 Å². The van der Waals surface area contributed by atoms with Crippen LogP contribution in [0.5, 0.6) is 0 Å². The first-order chi connectivity index (χ1) is 6.56. The van der Waals surface area contributed by atoms with Gasteiger partial charge < -0.3 is 11.5 Å². The lowest BCUT2D eigenvalue weighted by molar-refractivity contribution is -0.385. The number of nitrogen functional groups attached to an aromatic ring is 1. The van der Waals surface area contributed by atoms with Crippen molar-refractivity contribution in [3.05, 3.63) is 27.9 Å². The van der Waals surface area contributed by atoms with Crippen LogP contribution in [-0.4, -0.2) is 9.91 Å². The Labute approximate surface area is 81.1 Å². The van der Waals surface area contributed by atoms with Gasteiger partial charge in [0.1, 0.15) is 12.0 Å². The molecule has 1 atom stereocenters. The SMILES string of the molecule is CC[C@@H](N)c1cc([N+](=O)[O-])cnc1N. The highest BCUT2D eigenvalue weighted by Crippen LogP contribution is 2.23. The predicted octanol–water partition coefficient (Wildman–Crippen LogP) is 0.982. The smallest absolute Gasteiger partial charge is 0.288 e. The molecule has 0 aliphatic heterocycles. The van der Waals surface area contributed by atoms with E-state index in [4.69, 9.17) is 11.5 Å². The zero-order chi connectivity index (χ0) is 10.7. The first-order valence-corrected chi connectivity index (χ1v) is 4.21. The van der Waals surface area contributed by atoms with E-state index in [9.17, 15) is 10.1 Å². The summed E-state index contributed by atoms with van der Waals surface area (Å²) in [6, 6.07) is 1.07. The fourth-order valence-corrected chi connectivity index (χ4v) is 1.10. The molecule has 1 rings (SSSR count). The third-order valence-corrected chi connectivity index (χ3v) is 1.99. The fourth-order valence-electron chi connectivity index (χ4n) is 1.10. The van der Waals surface area contributed by atoms with E-state index in [2.05, 4.69) is 4.98 Å². The summed E-state index contributed by atoms with van der Waals surface area (Å²) in [5.41, 5.74) is 11.7. The van der Waals surface area contributed by atoms with Gasteiger partial charge in [-0.25, -0.2) is 4.98 Å². The summed E-state index contributed by atoms with van der Waals surface area (Å²) in [6.07, 6.45) is 1.79.